The molecule has 0 aliphatic heterocycles. The Labute approximate surface area is 205 Å². The number of halogens is 1. The van der Waals surface area contributed by atoms with Crippen molar-refractivity contribution in [3.05, 3.63) is 82.8 Å². The van der Waals surface area contributed by atoms with Crippen molar-refractivity contribution in [3.8, 4) is 11.5 Å². The third-order valence-corrected chi connectivity index (χ3v) is 5.06. The van der Waals surface area contributed by atoms with Crippen LogP contribution in [0, 0.1) is 0 Å². The molecule has 4 aromatic rings. The fourth-order valence-electron chi connectivity index (χ4n) is 2.96. The van der Waals surface area contributed by atoms with E-state index in [4.69, 9.17) is 9.47 Å². The molecule has 0 spiro atoms. The van der Waals surface area contributed by atoms with Gasteiger partial charge in [0, 0.05) is 21.4 Å². The van der Waals surface area contributed by atoms with Crippen molar-refractivity contribution >= 4 is 51.4 Å². The summed E-state index contributed by atoms with van der Waals surface area (Å²) < 4.78 is 11.5. The maximum Gasteiger partial charge on any atom is 0.250 e. The Kier molecular flexibility index (Phi) is 7.51. The Hall–Kier alpha value is -4.18. The maximum absolute atomic E-state index is 5.38. The van der Waals surface area contributed by atoms with Crippen LogP contribution in [0.4, 0.5) is 29.2 Å². The van der Waals surface area contributed by atoms with E-state index < -0.39 is 0 Å². The molecule has 0 bridgehead atoms. The van der Waals surface area contributed by atoms with Crippen LogP contribution in [0.3, 0.4) is 0 Å². The Morgan fingerprint density at radius 1 is 0.765 bits per heavy atom. The van der Waals surface area contributed by atoms with Crippen LogP contribution >= 0.6 is 15.9 Å². The van der Waals surface area contributed by atoms with Crippen molar-refractivity contribution in [2.45, 2.75) is 0 Å². The number of aromatic nitrogens is 3. The normalized spacial score (nSPS) is 10.7. The molecule has 10 heteroatoms. The number of anilines is 5. The summed E-state index contributed by atoms with van der Waals surface area (Å²) in [7, 11) is 3.23. The maximum atomic E-state index is 5.38. The number of hydrogen-bond acceptors (Lipinski definition) is 9. The lowest BCUT2D eigenvalue weighted by Crippen LogP contribution is -2.07. The summed E-state index contributed by atoms with van der Waals surface area (Å²) in [6.45, 7) is 0. The highest BCUT2D eigenvalue weighted by Gasteiger charge is 2.08. The third-order valence-electron chi connectivity index (χ3n) is 4.57. The SMILES string of the molecule is COc1ccc(Nc2nc(N/N=C/c3cc(Br)ccc3OC)nc(Nc3ccccc3)n2)cc1. The Morgan fingerprint density at radius 3 is 2.06 bits per heavy atom. The molecular weight excluding hydrogens is 498 g/mol. The van der Waals surface area contributed by atoms with Gasteiger partial charge >= 0.3 is 0 Å². The number of hydrazone groups is 1. The minimum absolute atomic E-state index is 0.259. The fourth-order valence-corrected chi connectivity index (χ4v) is 3.34. The monoisotopic (exact) mass is 519 g/mol. The van der Waals surface area contributed by atoms with Gasteiger partial charge in [-0.05, 0) is 54.6 Å². The topological polar surface area (TPSA) is 106 Å². The molecule has 0 atom stereocenters. The summed E-state index contributed by atoms with van der Waals surface area (Å²) in [4.78, 5) is 13.3. The molecule has 1 aromatic heterocycles. The van der Waals surface area contributed by atoms with Crippen LogP contribution in [0.25, 0.3) is 0 Å². The van der Waals surface area contributed by atoms with Gasteiger partial charge in [0.05, 0.1) is 20.4 Å². The summed E-state index contributed by atoms with van der Waals surface area (Å²) in [5.74, 6) is 2.41. The highest BCUT2D eigenvalue weighted by atomic mass is 79.9. The van der Waals surface area contributed by atoms with Gasteiger partial charge in [-0.2, -0.15) is 20.1 Å². The molecule has 0 amide bonds. The molecule has 0 aliphatic rings. The van der Waals surface area contributed by atoms with Gasteiger partial charge in [0.1, 0.15) is 11.5 Å². The van der Waals surface area contributed by atoms with Crippen LogP contribution in [0.2, 0.25) is 0 Å². The second-order valence-electron chi connectivity index (χ2n) is 6.91. The quantitative estimate of drug-likeness (QED) is 0.194. The highest BCUT2D eigenvalue weighted by molar-refractivity contribution is 9.10. The predicted molar refractivity (Wildman–Crippen MR) is 138 cm³/mol. The largest absolute Gasteiger partial charge is 0.497 e. The first-order valence-corrected chi connectivity index (χ1v) is 11.0. The summed E-state index contributed by atoms with van der Waals surface area (Å²) in [6.07, 6.45) is 1.63. The molecule has 0 saturated carbocycles. The molecule has 34 heavy (non-hydrogen) atoms. The molecule has 3 N–H and O–H groups in total. The lowest BCUT2D eigenvalue weighted by molar-refractivity contribution is 0.414. The van der Waals surface area contributed by atoms with Gasteiger partial charge in [0.15, 0.2) is 0 Å². The van der Waals surface area contributed by atoms with E-state index in [1.807, 2.05) is 72.8 Å². The van der Waals surface area contributed by atoms with E-state index in [1.165, 1.54) is 0 Å². The minimum Gasteiger partial charge on any atom is -0.497 e. The number of hydrogen-bond donors (Lipinski definition) is 3. The van der Waals surface area contributed by atoms with Crippen LogP contribution < -0.4 is 25.5 Å². The number of ether oxygens (including phenoxy) is 2. The smallest absolute Gasteiger partial charge is 0.250 e. The lowest BCUT2D eigenvalue weighted by Gasteiger charge is -2.10. The summed E-state index contributed by atoms with van der Waals surface area (Å²) in [5.41, 5.74) is 5.30. The van der Waals surface area contributed by atoms with E-state index in [1.54, 1.807) is 20.4 Å². The van der Waals surface area contributed by atoms with Crippen LogP contribution in [0.15, 0.2) is 82.4 Å². The molecule has 3 aromatic carbocycles. The number of nitrogens with one attached hydrogen (secondary N) is 3. The van der Waals surface area contributed by atoms with Crippen molar-refractivity contribution < 1.29 is 9.47 Å². The standard InChI is InChI=1S/C24H22BrN7O2/c1-33-20-11-9-19(10-12-20)28-23-29-22(27-18-6-4-3-5-7-18)30-24(31-23)32-26-15-16-14-17(25)8-13-21(16)34-2/h3-15H,1-2H3,(H3,27,28,29,30,31,32)/b26-15+. The van der Waals surface area contributed by atoms with Crippen LogP contribution in [0.5, 0.6) is 11.5 Å². The molecule has 0 fully saturated rings. The second kappa shape index (κ2) is 11.1. The Morgan fingerprint density at radius 2 is 1.41 bits per heavy atom. The van der Waals surface area contributed by atoms with Crippen molar-refractivity contribution in [2.75, 3.05) is 30.3 Å². The number of rotatable bonds is 9. The van der Waals surface area contributed by atoms with E-state index in [2.05, 4.69) is 52.0 Å². The average molecular weight is 520 g/mol. The molecule has 9 nitrogen and oxygen atoms in total. The molecular formula is C24H22BrN7O2. The molecule has 0 aliphatic carbocycles. The third kappa shape index (κ3) is 6.20. The first-order valence-electron chi connectivity index (χ1n) is 10.2. The van der Waals surface area contributed by atoms with Gasteiger partial charge in [0.25, 0.3) is 0 Å². The van der Waals surface area contributed by atoms with Crippen molar-refractivity contribution in [1.82, 2.24) is 15.0 Å². The molecule has 172 valence electrons. The Balaban J connectivity index is 1.59. The summed E-state index contributed by atoms with van der Waals surface area (Å²) >= 11 is 3.46. The molecule has 1 heterocycles. The van der Waals surface area contributed by atoms with E-state index in [0.29, 0.717) is 17.6 Å². The minimum atomic E-state index is 0.259. The van der Waals surface area contributed by atoms with E-state index in [-0.39, 0.29) is 5.95 Å². The van der Waals surface area contributed by atoms with Gasteiger partial charge in [-0.15, -0.1) is 0 Å². The number of methoxy groups -OCH3 is 2. The van der Waals surface area contributed by atoms with Crippen molar-refractivity contribution in [2.24, 2.45) is 5.10 Å². The fraction of sp³-hybridized carbons (Fsp3) is 0.0833. The van der Waals surface area contributed by atoms with Gasteiger partial charge < -0.3 is 20.1 Å². The highest BCUT2D eigenvalue weighted by Crippen LogP contribution is 2.22. The Bertz CT molecular complexity index is 1270. The summed E-state index contributed by atoms with van der Waals surface area (Å²) in [5, 5.41) is 10.6. The van der Waals surface area contributed by atoms with Gasteiger partial charge in [-0.3, -0.25) is 0 Å². The van der Waals surface area contributed by atoms with E-state index >= 15 is 0 Å². The number of nitrogens with zero attached hydrogens (tertiary/aromatic N) is 4. The van der Waals surface area contributed by atoms with Crippen molar-refractivity contribution in [1.29, 1.82) is 0 Å². The predicted octanol–water partition coefficient (Wildman–Crippen LogP) is 5.58. The second-order valence-corrected chi connectivity index (χ2v) is 7.82. The first-order chi connectivity index (χ1) is 16.6. The van der Waals surface area contributed by atoms with Gasteiger partial charge in [0.2, 0.25) is 17.8 Å². The molecule has 0 radical (unpaired) electrons. The average Bonchev–Trinajstić information content (AvgIpc) is 2.85. The van der Waals surface area contributed by atoms with E-state index in [9.17, 15) is 0 Å². The number of para-hydroxylation sites is 1. The summed E-state index contributed by atoms with van der Waals surface area (Å²) in [6, 6.07) is 22.7. The van der Waals surface area contributed by atoms with E-state index in [0.717, 1.165) is 27.2 Å². The van der Waals surface area contributed by atoms with Crippen LogP contribution in [-0.4, -0.2) is 35.4 Å². The van der Waals surface area contributed by atoms with Gasteiger partial charge in [-0.25, -0.2) is 5.43 Å². The first kappa shape index (κ1) is 23.0. The van der Waals surface area contributed by atoms with Crippen LogP contribution in [0.1, 0.15) is 5.56 Å². The van der Waals surface area contributed by atoms with Crippen molar-refractivity contribution in [3.63, 3.8) is 0 Å². The number of benzene rings is 3. The molecule has 0 saturated heterocycles. The zero-order valence-corrected chi connectivity index (χ0v) is 20.1. The molecule has 4 rings (SSSR count). The zero-order chi connectivity index (χ0) is 23.8. The lowest BCUT2D eigenvalue weighted by atomic mass is 10.2. The molecule has 0 unspecified atom stereocenters. The van der Waals surface area contributed by atoms with Crippen LogP contribution in [-0.2, 0) is 0 Å². The van der Waals surface area contributed by atoms with Gasteiger partial charge in [-0.1, -0.05) is 34.1 Å². The zero-order valence-electron chi connectivity index (χ0n) is 18.5.